The molecule has 0 spiro atoms. The second-order valence-corrected chi connectivity index (χ2v) is 5.02. The summed E-state index contributed by atoms with van der Waals surface area (Å²) in [7, 11) is 0. The Labute approximate surface area is 111 Å². The smallest absolute Gasteiger partial charge is 0.327 e. The summed E-state index contributed by atoms with van der Waals surface area (Å²) in [5.41, 5.74) is 0.490. The molecule has 6 heteroatoms. The third-order valence-electron chi connectivity index (χ3n) is 1.96. The first-order valence-corrected chi connectivity index (χ1v) is 6.42. The molecule has 1 aromatic rings. The number of halogens is 2. The van der Waals surface area contributed by atoms with E-state index in [0.717, 1.165) is 10.9 Å². The topological polar surface area (TPSA) is 62.2 Å². The predicted molar refractivity (Wildman–Crippen MR) is 68.3 cm³/mol. The Kier molecular flexibility index (Phi) is 5.37. The van der Waals surface area contributed by atoms with Gasteiger partial charge in [-0.05, 0) is 50.9 Å². The van der Waals surface area contributed by atoms with Gasteiger partial charge in [0.25, 0.3) is 0 Å². The number of hydrogen-bond acceptors (Lipinski definition) is 3. The number of carbonyl (C=O) groups is 1. The van der Waals surface area contributed by atoms with Crippen LogP contribution in [0.5, 0.6) is 0 Å². The van der Waals surface area contributed by atoms with E-state index in [4.69, 9.17) is 5.11 Å². The summed E-state index contributed by atoms with van der Waals surface area (Å²) >= 11 is 6.59. The molecule has 2 N–H and O–H groups in total. The van der Waals surface area contributed by atoms with E-state index in [1.54, 1.807) is 12.3 Å². The number of carboxylic acids is 1. The van der Waals surface area contributed by atoms with Crippen LogP contribution in [0.1, 0.15) is 25.1 Å². The van der Waals surface area contributed by atoms with Gasteiger partial charge in [0.2, 0.25) is 0 Å². The molecular weight excluding hydrogens is 340 g/mol. The van der Waals surface area contributed by atoms with Crippen molar-refractivity contribution in [2.24, 2.45) is 0 Å². The summed E-state index contributed by atoms with van der Waals surface area (Å²) in [5, 5.41) is 12.1. The fourth-order valence-corrected chi connectivity index (χ4v) is 2.44. The Balaban J connectivity index is 2.96. The van der Waals surface area contributed by atoms with Crippen LogP contribution in [0.4, 0.5) is 0 Å². The maximum Gasteiger partial charge on any atom is 0.327 e. The van der Waals surface area contributed by atoms with Crippen LogP contribution in [0.25, 0.3) is 0 Å². The van der Waals surface area contributed by atoms with Crippen molar-refractivity contribution in [1.82, 2.24) is 10.3 Å². The minimum Gasteiger partial charge on any atom is -0.480 e. The van der Waals surface area contributed by atoms with E-state index >= 15 is 0 Å². The summed E-state index contributed by atoms with van der Waals surface area (Å²) < 4.78 is 1.49. The van der Waals surface area contributed by atoms with E-state index in [-0.39, 0.29) is 0 Å². The molecule has 0 aromatic carbocycles. The zero-order chi connectivity index (χ0) is 12.1. The highest BCUT2D eigenvalue weighted by molar-refractivity contribution is 9.11. The predicted octanol–water partition coefficient (Wildman–Crippen LogP) is 2.73. The van der Waals surface area contributed by atoms with Crippen molar-refractivity contribution in [3.05, 3.63) is 26.9 Å². The molecule has 0 saturated carbocycles. The molecule has 1 heterocycles. The zero-order valence-corrected chi connectivity index (χ0v) is 11.9. The first-order chi connectivity index (χ1) is 7.56. The quantitative estimate of drug-likeness (QED) is 0.856. The molecule has 0 aliphatic rings. The number of hydrogen-bond donors (Lipinski definition) is 2. The molecule has 88 valence electrons. The molecule has 0 bridgehead atoms. The summed E-state index contributed by atoms with van der Waals surface area (Å²) in [6, 6.07) is 1.01. The van der Waals surface area contributed by atoms with Crippen molar-refractivity contribution in [3.8, 4) is 0 Å². The van der Waals surface area contributed by atoms with Gasteiger partial charge < -0.3 is 5.11 Å². The zero-order valence-electron chi connectivity index (χ0n) is 8.70. The number of aromatic nitrogens is 1. The molecule has 0 aliphatic carbocycles. The average Bonchev–Trinajstić information content (AvgIpc) is 2.20. The second kappa shape index (κ2) is 6.32. The van der Waals surface area contributed by atoms with E-state index in [1.165, 1.54) is 0 Å². The largest absolute Gasteiger partial charge is 0.480 e. The minimum atomic E-state index is -0.927. The fraction of sp³-hybridized carbons (Fsp3) is 0.400. The molecule has 4 nitrogen and oxygen atoms in total. The highest BCUT2D eigenvalue weighted by Gasteiger charge is 2.22. The average molecular weight is 352 g/mol. The molecule has 0 aliphatic heterocycles. The summed E-state index contributed by atoms with van der Waals surface area (Å²) in [6.07, 6.45) is 2.46. The number of pyridine rings is 1. The lowest BCUT2D eigenvalue weighted by atomic mass is 10.2. The maximum absolute atomic E-state index is 11.1. The first kappa shape index (κ1) is 13.6. The molecule has 0 saturated heterocycles. The molecule has 0 amide bonds. The first-order valence-electron chi connectivity index (χ1n) is 4.83. The SMILES string of the molecule is CCCNC(C(=O)O)c1ncc(Br)cc1Br. The molecule has 1 atom stereocenters. The van der Waals surface area contributed by atoms with Crippen molar-refractivity contribution in [2.75, 3.05) is 6.54 Å². The van der Waals surface area contributed by atoms with Crippen LogP contribution >= 0.6 is 31.9 Å². The Hall–Kier alpha value is -0.460. The van der Waals surface area contributed by atoms with Crippen LogP contribution < -0.4 is 5.32 Å². The van der Waals surface area contributed by atoms with Crippen molar-refractivity contribution < 1.29 is 9.90 Å². The Morgan fingerprint density at radius 1 is 1.62 bits per heavy atom. The van der Waals surface area contributed by atoms with Gasteiger partial charge in [-0.3, -0.25) is 15.1 Å². The summed E-state index contributed by atoms with van der Waals surface area (Å²) in [6.45, 7) is 2.62. The van der Waals surface area contributed by atoms with Gasteiger partial charge in [-0.1, -0.05) is 6.92 Å². The molecular formula is C10H12Br2N2O2. The highest BCUT2D eigenvalue weighted by Crippen LogP contribution is 2.24. The van der Waals surface area contributed by atoms with Crippen LogP contribution in [0.15, 0.2) is 21.2 Å². The molecule has 1 unspecified atom stereocenters. The third-order valence-corrected chi connectivity index (χ3v) is 3.02. The molecule has 0 radical (unpaired) electrons. The lowest BCUT2D eigenvalue weighted by Crippen LogP contribution is -2.30. The van der Waals surface area contributed by atoms with Gasteiger partial charge in [0.05, 0.1) is 5.69 Å². The van der Waals surface area contributed by atoms with Crippen molar-refractivity contribution >= 4 is 37.8 Å². The second-order valence-electron chi connectivity index (χ2n) is 3.25. The Morgan fingerprint density at radius 3 is 2.81 bits per heavy atom. The van der Waals surface area contributed by atoms with Crippen molar-refractivity contribution in [1.29, 1.82) is 0 Å². The van der Waals surface area contributed by atoms with E-state index in [9.17, 15) is 4.79 Å². The number of rotatable bonds is 5. The number of carboxylic acid groups (broad SMARTS) is 1. The molecule has 0 fully saturated rings. The van der Waals surface area contributed by atoms with E-state index in [0.29, 0.717) is 16.7 Å². The van der Waals surface area contributed by atoms with Crippen LogP contribution in [0.2, 0.25) is 0 Å². The van der Waals surface area contributed by atoms with Gasteiger partial charge in [-0.2, -0.15) is 0 Å². The van der Waals surface area contributed by atoms with Crippen LogP contribution in [0.3, 0.4) is 0 Å². The standard InChI is InChI=1S/C10H12Br2N2O2/c1-2-3-13-9(10(15)16)8-7(12)4-6(11)5-14-8/h4-5,9,13H,2-3H2,1H3,(H,15,16). The van der Waals surface area contributed by atoms with Gasteiger partial charge in [0, 0.05) is 15.1 Å². The van der Waals surface area contributed by atoms with Gasteiger partial charge in [0.15, 0.2) is 0 Å². The summed E-state index contributed by atoms with van der Waals surface area (Å²) in [4.78, 5) is 15.2. The van der Waals surface area contributed by atoms with E-state index < -0.39 is 12.0 Å². The van der Waals surface area contributed by atoms with E-state index in [2.05, 4.69) is 42.2 Å². The van der Waals surface area contributed by atoms with Gasteiger partial charge in [0.1, 0.15) is 6.04 Å². The molecule has 16 heavy (non-hydrogen) atoms. The number of nitrogens with zero attached hydrogens (tertiary/aromatic N) is 1. The van der Waals surface area contributed by atoms with Gasteiger partial charge in [-0.15, -0.1) is 0 Å². The number of aliphatic carboxylic acids is 1. The van der Waals surface area contributed by atoms with Gasteiger partial charge in [-0.25, -0.2) is 0 Å². The Bertz CT molecular complexity index is 385. The highest BCUT2D eigenvalue weighted by atomic mass is 79.9. The lowest BCUT2D eigenvalue weighted by Gasteiger charge is -2.14. The monoisotopic (exact) mass is 350 g/mol. The molecule has 1 rings (SSSR count). The Morgan fingerprint density at radius 2 is 2.31 bits per heavy atom. The maximum atomic E-state index is 11.1. The fourth-order valence-electron chi connectivity index (χ4n) is 1.23. The summed E-state index contributed by atoms with van der Waals surface area (Å²) in [5.74, 6) is -0.927. The minimum absolute atomic E-state index is 0.490. The van der Waals surface area contributed by atoms with Crippen molar-refractivity contribution in [2.45, 2.75) is 19.4 Å². The van der Waals surface area contributed by atoms with E-state index in [1.807, 2.05) is 6.92 Å². The number of nitrogens with one attached hydrogen (secondary N) is 1. The third kappa shape index (κ3) is 3.54. The van der Waals surface area contributed by atoms with Crippen LogP contribution in [-0.4, -0.2) is 22.6 Å². The van der Waals surface area contributed by atoms with Crippen LogP contribution in [-0.2, 0) is 4.79 Å². The van der Waals surface area contributed by atoms with Crippen LogP contribution in [0, 0.1) is 0 Å². The molecule has 1 aromatic heterocycles. The lowest BCUT2D eigenvalue weighted by molar-refractivity contribution is -0.139. The normalized spacial score (nSPS) is 12.4. The van der Waals surface area contributed by atoms with Crippen molar-refractivity contribution in [3.63, 3.8) is 0 Å². The van der Waals surface area contributed by atoms with Gasteiger partial charge >= 0.3 is 5.97 Å².